The standard InChI is InChI=1S/C21H17ClF4N4O2S/c1-11-27-19(28-20(32)30(11)9-13-3-5-18(33-13)21(24,25)26)29-7-6-14(17(31)10-29)12-2-4-16(23)15(22)8-12/h2-6,8,17,31H,7,9-10H2,1H3. The predicted molar refractivity (Wildman–Crippen MR) is 117 cm³/mol. The molecule has 33 heavy (non-hydrogen) atoms. The van der Waals surface area contributed by atoms with Gasteiger partial charge in [-0.25, -0.2) is 9.18 Å². The van der Waals surface area contributed by atoms with Gasteiger partial charge in [0.2, 0.25) is 5.95 Å². The van der Waals surface area contributed by atoms with Gasteiger partial charge in [-0.1, -0.05) is 23.7 Å². The Hall–Kier alpha value is -2.76. The third kappa shape index (κ3) is 4.94. The summed E-state index contributed by atoms with van der Waals surface area (Å²) in [5.74, 6) is -0.182. The van der Waals surface area contributed by atoms with Crippen LogP contribution >= 0.6 is 22.9 Å². The Bertz CT molecular complexity index is 1290. The zero-order chi connectivity index (χ0) is 23.9. The molecule has 0 spiro atoms. The normalized spacial score (nSPS) is 16.8. The van der Waals surface area contributed by atoms with E-state index in [1.807, 2.05) is 0 Å². The second-order valence-electron chi connectivity index (χ2n) is 7.41. The summed E-state index contributed by atoms with van der Waals surface area (Å²) in [6.45, 7) is 1.85. The number of benzene rings is 1. The molecule has 0 aliphatic carbocycles. The summed E-state index contributed by atoms with van der Waals surface area (Å²) in [4.78, 5) is 22.1. The highest BCUT2D eigenvalue weighted by atomic mass is 35.5. The van der Waals surface area contributed by atoms with Crippen LogP contribution in [0.15, 0.2) is 41.2 Å². The second-order valence-corrected chi connectivity index (χ2v) is 8.99. The lowest BCUT2D eigenvalue weighted by Crippen LogP contribution is -2.40. The van der Waals surface area contributed by atoms with Crippen molar-refractivity contribution in [3.05, 3.63) is 78.9 Å². The lowest BCUT2D eigenvalue weighted by Gasteiger charge is -2.30. The van der Waals surface area contributed by atoms with Gasteiger partial charge in [-0.2, -0.15) is 23.1 Å². The quantitative estimate of drug-likeness (QED) is 0.545. The Kier molecular flexibility index (Phi) is 6.30. The first-order valence-corrected chi connectivity index (χ1v) is 10.9. The monoisotopic (exact) mass is 500 g/mol. The van der Waals surface area contributed by atoms with E-state index in [-0.39, 0.29) is 36.4 Å². The molecule has 0 saturated carbocycles. The summed E-state index contributed by atoms with van der Waals surface area (Å²) in [5, 5.41) is 10.5. The first-order chi connectivity index (χ1) is 15.5. The van der Waals surface area contributed by atoms with Gasteiger partial charge in [-0.15, -0.1) is 11.3 Å². The first kappa shape index (κ1) is 23.4. The fourth-order valence-corrected chi connectivity index (χ4v) is 4.53. The minimum absolute atomic E-state index is 0.0568. The van der Waals surface area contributed by atoms with Gasteiger partial charge in [0.05, 0.1) is 24.2 Å². The number of β-amino-alcohol motifs (C(OH)–C–C–N with tert-alkyl or cyclic N) is 1. The van der Waals surface area contributed by atoms with E-state index in [1.165, 1.54) is 28.8 Å². The van der Waals surface area contributed by atoms with Crippen LogP contribution in [0.3, 0.4) is 0 Å². The molecule has 12 heteroatoms. The molecule has 1 N–H and O–H groups in total. The summed E-state index contributed by atoms with van der Waals surface area (Å²) in [6.07, 6.45) is -3.69. The highest BCUT2D eigenvalue weighted by Gasteiger charge is 2.32. The number of hydrogen-bond acceptors (Lipinski definition) is 6. The molecule has 174 valence electrons. The van der Waals surface area contributed by atoms with Crippen molar-refractivity contribution >= 4 is 34.5 Å². The third-order valence-electron chi connectivity index (χ3n) is 5.15. The topological polar surface area (TPSA) is 71.2 Å². The molecule has 2 aromatic heterocycles. The van der Waals surface area contributed by atoms with Gasteiger partial charge in [0.25, 0.3) is 0 Å². The molecule has 0 radical (unpaired) electrons. The van der Waals surface area contributed by atoms with Crippen molar-refractivity contribution in [2.75, 3.05) is 18.0 Å². The van der Waals surface area contributed by atoms with E-state index in [9.17, 15) is 27.5 Å². The number of aromatic nitrogens is 3. The third-order valence-corrected chi connectivity index (χ3v) is 6.56. The average molecular weight is 501 g/mol. The Morgan fingerprint density at radius 1 is 1.24 bits per heavy atom. The van der Waals surface area contributed by atoms with Gasteiger partial charge in [-0.3, -0.25) is 4.57 Å². The van der Waals surface area contributed by atoms with Crippen molar-refractivity contribution < 1.29 is 22.7 Å². The van der Waals surface area contributed by atoms with Gasteiger partial charge >= 0.3 is 11.9 Å². The van der Waals surface area contributed by atoms with Crippen LogP contribution in [-0.4, -0.2) is 38.8 Å². The molecular weight excluding hydrogens is 484 g/mol. The van der Waals surface area contributed by atoms with Gasteiger partial charge < -0.3 is 10.0 Å². The molecule has 1 atom stereocenters. The minimum Gasteiger partial charge on any atom is -0.387 e. The summed E-state index contributed by atoms with van der Waals surface area (Å²) in [6, 6.07) is 6.46. The number of nitrogens with zero attached hydrogens (tertiary/aromatic N) is 4. The van der Waals surface area contributed by atoms with E-state index in [0.717, 1.165) is 6.07 Å². The number of aliphatic hydroxyl groups is 1. The fourth-order valence-electron chi connectivity index (χ4n) is 3.48. The smallest absolute Gasteiger partial charge is 0.387 e. The maximum absolute atomic E-state index is 13.4. The van der Waals surface area contributed by atoms with Crippen molar-refractivity contribution in [1.29, 1.82) is 0 Å². The Morgan fingerprint density at radius 3 is 2.61 bits per heavy atom. The number of alkyl halides is 3. The van der Waals surface area contributed by atoms with Crippen molar-refractivity contribution in [1.82, 2.24) is 14.5 Å². The van der Waals surface area contributed by atoms with Gasteiger partial charge in [0.1, 0.15) is 16.5 Å². The lowest BCUT2D eigenvalue weighted by molar-refractivity contribution is -0.134. The molecule has 0 amide bonds. The van der Waals surface area contributed by atoms with E-state index in [4.69, 9.17) is 11.6 Å². The van der Waals surface area contributed by atoms with E-state index >= 15 is 0 Å². The van der Waals surface area contributed by atoms with Crippen LogP contribution in [0.2, 0.25) is 5.02 Å². The highest BCUT2D eigenvalue weighted by molar-refractivity contribution is 7.12. The zero-order valence-corrected chi connectivity index (χ0v) is 18.7. The summed E-state index contributed by atoms with van der Waals surface area (Å²) in [5.41, 5.74) is 0.487. The van der Waals surface area contributed by atoms with E-state index < -0.39 is 28.7 Å². The maximum Gasteiger partial charge on any atom is 0.425 e. The molecule has 1 aromatic carbocycles. The zero-order valence-electron chi connectivity index (χ0n) is 17.1. The number of halogens is 5. The fraction of sp³-hybridized carbons (Fsp3) is 0.286. The van der Waals surface area contributed by atoms with E-state index in [2.05, 4.69) is 9.97 Å². The molecule has 3 aromatic rings. The van der Waals surface area contributed by atoms with Crippen LogP contribution < -0.4 is 10.6 Å². The SMILES string of the molecule is Cc1nc(N2CC=C(c3ccc(F)c(Cl)c3)C(O)C2)nc(=O)n1Cc1ccc(C(F)(F)F)s1. The lowest BCUT2D eigenvalue weighted by atomic mass is 9.97. The molecule has 3 heterocycles. The predicted octanol–water partition coefficient (Wildman–Crippen LogP) is 4.13. The molecule has 0 bridgehead atoms. The van der Waals surface area contributed by atoms with E-state index in [1.54, 1.807) is 17.9 Å². The minimum atomic E-state index is -4.44. The van der Waals surface area contributed by atoms with Crippen LogP contribution in [0.4, 0.5) is 23.5 Å². The number of aliphatic hydroxyl groups excluding tert-OH is 1. The summed E-state index contributed by atoms with van der Waals surface area (Å²) < 4.78 is 53.1. The Balaban J connectivity index is 1.55. The molecule has 0 fully saturated rings. The number of rotatable bonds is 4. The first-order valence-electron chi connectivity index (χ1n) is 9.73. The molecule has 6 nitrogen and oxygen atoms in total. The highest BCUT2D eigenvalue weighted by Crippen LogP contribution is 2.35. The number of thiophene rings is 1. The molecule has 1 aliphatic rings. The molecule has 0 saturated heterocycles. The molecule has 1 unspecified atom stereocenters. The Labute approximate surface area is 194 Å². The van der Waals surface area contributed by atoms with Gasteiger partial charge in [0.15, 0.2) is 0 Å². The van der Waals surface area contributed by atoms with Crippen molar-refractivity contribution in [3.8, 4) is 0 Å². The van der Waals surface area contributed by atoms with Crippen molar-refractivity contribution in [3.63, 3.8) is 0 Å². The molecular formula is C21H17ClF4N4O2S. The second kappa shape index (κ2) is 8.88. The van der Waals surface area contributed by atoms with Crippen LogP contribution in [0, 0.1) is 12.7 Å². The summed E-state index contributed by atoms with van der Waals surface area (Å²) in [7, 11) is 0. The maximum atomic E-state index is 13.4. The average Bonchev–Trinajstić information content (AvgIpc) is 3.22. The Morgan fingerprint density at radius 2 is 2.00 bits per heavy atom. The van der Waals surface area contributed by atoms with Crippen molar-refractivity contribution in [2.45, 2.75) is 25.7 Å². The van der Waals surface area contributed by atoms with Gasteiger partial charge in [-0.05, 0) is 42.3 Å². The summed E-state index contributed by atoms with van der Waals surface area (Å²) >= 11 is 6.39. The van der Waals surface area contributed by atoms with Crippen LogP contribution in [0.25, 0.3) is 5.57 Å². The van der Waals surface area contributed by atoms with Crippen LogP contribution in [0.5, 0.6) is 0 Å². The van der Waals surface area contributed by atoms with Crippen LogP contribution in [-0.2, 0) is 12.7 Å². The number of hydrogen-bond donors (Lipinski definition) is 1. The van der Waals surface area contributed by atoms with Crippen LogP contribution in [0.1, 0.15) is 21.1 Å². The van der Waals surface area contributed by atoms with E-state index in [0.29, 0.717) is 27.4 Å². The largest absolute Gasteiger partial charge is 0.425 e. The van der Waals surface area contributed by atoms with Crippen molar-refractivity contribution in [2.24, 2.45) is 0 Å². The molecule has 4 rings (SSSR count). The number of anilines is 1. The molecule has 1 aliphatic heterocycles. The number of aryl methyl sites for hydroxylation is 1. The van der Waals surface area contributed by atoms with Gasteiger partial charge in [0, 0.05) is 11.4 Å².